The van der Waals surface area contributed by atoms with Crippen LogP contribution in [0.3, 0.4) is 0 Å². The molecule has 0 saturated carbocycles. The molecule has 2 aromatic rings. The molecule has 0 amide bonds. The molecule has 1 saturated heterocycles. The standard InChI is InChI=1S/C14H16FN3OS/c15-11-5-3-10(4-6-11)8-13-16-17-14(20-13)18-7-1-2-12(18)9-19/h3-6,12,19H,1-2,7-9H2/t12-/m0/s1. The molecular weight excluding hydrogens is 277 g/mol. The maximum Gasteiger partial charge on any atom is 0.208 e. The van der Waals surface area contributed by atoms with Gasteiger partial charge in [0.1, 0.15) is 10.8 Å². The molecule has 0 bridgehead atoms. The van der Waals surface area contributed by atoms with Crippen LogP contribution in [0.25, 0.3) is 0 Å². The third kappa shape index (κ3) is 2.81. The summed E-state index contributed by atoms with van der Waals surface area (Å²) in [7, 11) is 0. The SMILES string of the molecule is OC[C@@H]1CCCN1c1nnc(Cc2ccc(F)cc2)s1. The molecule has 20 heavy (non-hydrogen) atoms. The molecular formula is C14H16FN3OS. The Morgan fingerprint density at radius 3 is 2.85 bits per heavy atom. The summed E-state index contributed by atoms with van der Waals surface area (Å²) >= 11 is 1.55. The van der Waals surface area contributed by atoms with Crippen molar-refractivity contribution in [2.24, 2.45) is 0 Å². The quantitative estimate of drug-likeness (QED) is 0.939. The van der Waals surface area contributed by atoms with Crippen LogP contribution in [-0.4, -0.2) is 34.5 Å². The van der Waals surface area contributed by atoms with Crippen LogP contribution in [0.2, 0.25) is 0 Å². The lowest BCUT2D eigenvalue weighted by atomic mass is 10.2. The zero-order valence-electron chi connectivity index (χ0n) is 11.0. The van der Waals surface area contributed by atoms with Crippen molar-refractivity contribution in [3.05, 3.63) is 40.7 Å². The first-order valence-electron chi connectivity index (χ1n) is 6.70. The highest BCUT2D eigenvalue weighted by atomic mass is 32.1. The smallest absolute Gasteiger partial charge is 0.208 e. The average molecular weight is 293 g/mol. The number of nitrogens with zero attached hydrogens (tertiary/aromatic N) is 3. The van der Waals surface area contributed by atoms with E-state index in [1.807, 2.05) is 0 Å². The second kappa shape index (κ2) is 5.85. The van der Waals surface area contributed by atoms with Crippen LogP contribution >= 0.6 is 11.3 Å². The minimum atomic E-state index is -0.227. The molecule has 2 heterocycles. The van der Waals surface area contributed by atoms with Crippen molar-refractivity contribution < 1.29 is 9.50 Å². The summed E-state index contributed by atoms with van der Waals surface area (Å²) in [5.41, 5.74) is 1.02. The Balaban J connectivity index is 1.72. The number of aliphatic hydroxyl groups is 1. The Morgan fingerprint density at radius 1 is 1.30 bits per heavy atom. The topological polar surface area (TPSA) is 49.2 Å². The fourth-order valence-electron chi connectivity index (χ4n) is 2.49. The van der Waals surface area contributed by atoms with E-state index in [2.05, 4.69) is 15.1 Å². The van der Waals surface area contributed by atoms with E-state index in [4.69, 9.17) is 0 Å². The number of hydrogen-bond acceptors (Lipinski definition) is 5. The van der Waals surface area contributed by atoms with Crippen molar-refractivity contribution in [1.82, 2.24) is 10.2 Å². The third-order valence-electron chi connectivity index (χ3n) is 3.56. The molecule has 4 nitrogen and oxygen atoms in total. The lowest BCUT2D eigenvalue weighted by Crippen LogP contribution is -2.31. The Hall–Kier alpha value is -1.53. The van der Waals surface area contributed by atoms with Gasteiger partial charge in [0, 0.05) is 13.0 Å². The Kier molecular flexibility index (Phi) is 3.93. The Morgan fingerprint density at radius 2 is 2.10 bits per heavy atom. The maximum atomic E-state index is 12.9. The predicted molar refractivity (Wildman–Crippen MR) is 76.6 cm³/mol. The molecule has 3 rings (SSSR count). The first kappa shape index (κ1) is 13.5. The number of aromatic nitrogens is 2. The Labute approximate surface area is 120 Å². The molecule has 1 aromatic carbocycles. The summed E-state index contributed by atoms with van der Waals surface area (Å²) < 4.78 is 12.9. The molecule has 6 heteroatoms. The van der Waals surface area contributed by atoms with Crippen LogP contribution in [0, 0.1) is 5.82 Å². The van der Waals surface area contributed by atoms with E-state index in [0.29, 0.717) is 6.42 Å². The van der Waals surface area contributed by atoms with E-state index in [0.717, 1.165) is 35.1 Å². The van der Waals surface area contributed by atoms with Gasteiger partial charge in [0.05, 0.1) is 12.6 Å². The third-order valence-corrected chi connectivity index (χ3v) is 4.52. The molecule has 1 aromatic heterocycles. The second-order valence-corrected chi connectivity index (χ2v) is 5.99. The summed E-state index contributed by atoms with van der Waals surface area (Å²) in [6, 6.07) is 6.62. The normalized spacial score (nSPS) is 18.7. The first-order valence-corrected chi connectivity index (χ1v) is 7.52. The van der Waals surface area contributed by atoms with Gasteiger partial charge in [0.15, 0.2) is 0 Å². The minimum absolute atomic E-state index is 0.160. The summed E-state index contributed by atoms with van der Waals surface area (Å²) in [5.74, 6) is -0.227. The maximum absolute atomic E-state index is 12.9. The van der Waals surface area contributed by atoms with Gasteiger partial charge in [0.25, 0.3) is 0 Å². The monoisotopic (exact) mass is 293 g/mol. The fourth-order valence-corrected chi connectivity index (χ4v) is 3.46. The van der Waals surface area contributed by atoms with Gasteiger partial charge >= 0.3 is 0 Å². The number of halogens is 1. The number of anilines is 1. The average Bonchev–Trinajstić information content (AvgIpc) is 3.09. The van der Waals surface area contributed by atoms with E-state index in [1.165, 1.54) is 12.1 Å². The molecule has 0 unspecified atom stereocenters. The number of aliphatic hydroxyl groups excluding tert-OH is 1. The van der Waals surface area contributed by atoms with E-state index in [1.54, 1.807) is 23.5 Å². The second-order valence-electron chi connectivity index (χ2n) is 4.95. The highest BCUT2D eigenvalue weighted by molar-refractivity contribution is 7.15. The molecule has 106 valence electrons. The van der Waals surface area contributed by atoms with Crippen molar-refractivity contribution in [3.63, 3.8) is 0 Å². The summed E-state index contributed by atoms with van der Waals surface area (Å²) in [4.78, 5) is 2.13. The van der Waals surface area contributed by atoms with Crippen molar-refractivity contribution in [2.45, 2.75) is 25.3 Å². The molecule has 1 N–H and O–H groups in total. The molecule has 0 radical (unpaired) electrons. The van der Waals surface area contributed by atoms with Crippen LogP contribution in [0.1, 0.15) is 23.4 Å². The number of hydrogen-bond donors (Lipinski definition) is 1. The van der Waals surface area contributed by atoms with E-state index in [-0.39, 0.29) is 18.5 Å². The van der Waals surface area contributed by atoms with Crippen LogP contribution < -0.4 is 4.90 Å². The zero-order valence-corrected chi connectivity index (χ0v) is 11.8. The van der Waals surface area contributed by atoms with Crippen LogP contribution in [0.4, 0.5) is 9.52 Å². The molecule has 1 atom stereocenters. The van der Waals surface area contributed by atoms with Gasteiger partial charge in [-0.25, -0.2) is 4.39 Å². The number of benzene rings is 1. The highest BCUT2D eigenvalue weighted by Crippen LogP contribution is 2.29. The molecule has 0 aliphatic carbocycles. The van der Waals surface area contributed by atoms with Crippen molar-refractivity contribution in [2.75, 3.05) is 18.1 Å². The van der Waals surface area contributed by atoms with Crippen molar-refractivity contribution >= 4 is 16.5 Å². The largest absolute Gasteiger partial charge is 0.394 e. The molecule has 1 fully saturated rings. The van der Waals surface area contributed by atoms with Gasteiger partial charge in [-0.2, -0.15) is 0 Å². The molecule has 1 aliphatic rings. The van der Waals surface area contributed by atoms with Crippen LogP contribution in [0.15, 0.2) is 24.3 Å². The summed E-state index contributed by atoms with van der Waals surface area (Å²) in [5, 5.41) is 19.5. The lowest BCUT2D eigenvalue weighted by molar-refractivity contribution is 0.266. The van der Waals surface area contributed by atoms with Gasteiger partial charge in [-0.05, 0) is 30.5 Å². The predicted octanol–water partition coefficient (Wildman–Crippen LogP) is 2.23. The number of rotatable bonds is 4. The van der Waals surface area contributed by atoms with Gasteiger partial charge in [-0.1, -0.05) is 23.5 Å². The molecule has 0 spiro atoms. The summed E-state index contributed by atoms with van der Waals surface area (Å²) in [6.45, 7) is 1.09. The highest BCUT2D eigenvalue weighted by Gasteiger charge is 2.26. The van der Waals surface area contributed by atoms with E-state index >= 15 is 0 Å². The summed E-state index contributed by atoms with van der Waals surface area (Å²) in [6.07, 6.45) is 2.75. The van der Waals surface area contributed by atoms with Crippen molar-refractivity contribution in [1.29, 1.82) is 0 Å². The van der Waals surface area contributed by atoms with Gasteiger partial charge < -0.3 is 10.0 Å². The van der Waals surface area contributed by atoms with Crippen LogP contribution in [-0.2, 0) is 6.42 Å². The van der Waals surface area contributed by atoms with Crippen molar-refractivity contribution in [3.8, 4) is 0 Å². The molecule has 1 aliphatic heterocycles. The lowest BCUT2D eigenvalue weighted by Gasteiger charge is -2.20. The van der Waals surface area contributed by atoms with E-state index in [9.17, 15) is 9.50 Å². The fraction of sp³-hybridized carbons (Fsp3) is 0.429. The van der Waals surface area contributed by atoms with Gasteiger partial charge in [-0.15, -0.1) is 10.2 Å². The van der Waals surface area contributed by atoms with Crippen LogP contribution in [0.5, 0.6) is 0 Å². The minimum Gasteiger partial charge on any atom is -0.394 e. The first-order chi connectivity index (χ1) is 9.76. The zero-order chi connectivity index (χ0) is 13.9. The Bertz CT molecular complexity index is 572. The van der Waals surface area contributed by atoms with Gasteiger partial charge in [-0.3, -0.25) is 0 Å². The van der Waals surface area contributed by atoms with E-state index < -0.39 is 0 Å². The van der Waals surface area contributed by atoms with Gasteiger partial charge in [0.2, 0.25) is 5.13 Å².